The number of halogens is 2. The highest BCUT2D eigenvalue weighted by atomic mass is 35.5. The number of aryl methyl sites for hydroxylation is 1. The zero-order valence-electron chi connectivity index (χ0n) is 9.50. The summed E-state index contributed by atoms with van der Waals surface area (Å²) in [7, 11) is 0. The molecule has 0 radical (unpaired) electrons. The van der Waals surface area contributed by atoms with Gasteiger partial charge in [-0.25, -0.2) is 4.39 Å². The number of hydrogen-bond acceptors (Lipinski definition) is 1. The van der Waals surface area contributed by atoms with E-state index in [0.717, 1.165) is 22.3 Å². The molecular formula is C14H13ClFN. The van der Waals surface area contributed by atoms with E-state index in [4.69, 9.17) is 17.3 Å². The van der Waals surface area contributed by atoms with Crippen molar-refractivity contribution in [2.45, 2.75) is 13.5 Å². The minimum atomic E-state index is -0.403. The second-order valence-electron chi connectivity index (χ2n) is 4.04. The zero-order chi connectivity index (χ0) is 12.4. The molecule has 0 fully saturated rings. The second-order valence-corrected chi connectivity index (χ2v) is 4.45. The predicted molar refractivity (Wildman–Crippen MR) is 69.5 cm³/mol. The van der Waals surface area contributed by atoms with Crippen molar-refractivity contribution < 1.29 is 4.39 Å². The molecule has 0 aliphatic heterocycles. The van der Waals surface area contributed by atoms with Gasteiger partial charge in [0.2, 0.25) is 0 Å². The highest BCUT2D eigenvalue weighted by Gasteiger charge is 2.04. The van der Waals surface area contributed by atoms with E-state index in [0.29, 0.717) is 6.54 Å². The fraction of sp³-hybridized carbons (Fsp3) is 0.143. The predicted octanol–water partition coefficient (Wildman–Crippen LogP) is 3.91. The summed E-state index contributed by atoms with van der Waals surface area (Å²) < 4.78 is 13.4. The normalized spacial score (nSPS) is 10.6. The summed E-state index contributed by atoms with van der Waals surface area (Å²) in [6.07, 6.45) is 0. The van der Waals surface area contributed by atoms with Gasteiger partial charge in [-0.3, -0.25) is 0 Å². The van der Waals surface area contributed by atoms with Crippen molar-refractivity contribution in [1.82, 2.24) is 0 Å². The van der Waals surface area contributed by atoms with Crippen LogP contribution >= 0.6 is 11.6 Å². The number of hydrogen-bond donors (Lipinski definition) is 1. The topological polar surface area (TPSA) is 26.0 Å². The van der Waals surface area contributed by atoms with E-state index in [-0.39, 0.29) is 5.02 Å². The molecule has 0 aromatic heterocycles. The third-order valence-electron chi connectivity index (χ3n) is 2.63. The van der Waals surface area contributed by atoms with Gasteiger partial charge in [0.15, 0.2) is 0 Å². The minimum absolute atomic E-state index is 0.139. The van der Waals surface area contributed by atoms with Crippen molar-refractivity contribution in [2.24, 2.45) is 5.73 Å². The molecule has 0 aliphatic rings. The van der Waals surface area contributed by atoms with E-state index >= 15 is 0 Å². The lowest BCUT2D eigenvalue weighted by atomic mass is 10.0. The first kappa shape index (κ1) is 12.1. The van der Waals surface area contributed by atoms with Crippen molar-refractivity contribution >= 4 is 11.6 Å². The largest absolute Gasteiger partial charge is 0.326 e. The summed E-state index contributed by atoms with van der Waals surface area (Å²) in [5.74, 6) is -0.403. The lowest BCUT2D eigenvalue weighted by molar-refractivity contribution is 0.629. The molecule has 0 unspecified atom stereocenters. The average Bonchev–Trinajstić information content (AvgIpc) is 2.32. The Bertz CT molecular complexity index is 552. The molecule has 2 aromatic rings. The summed E-state index contributed by atoms with van der Waals surface area (Å²) in [6.45, 7) is 2.47. The summed E-state index contributed by atoms with van der Waals surface area (Å²) in [4.78, 5) is 0. The van der Waals surface area contributed by atoms with Gasteiger partial charge in [0.1, 0.15) is 5.82 Å². The van der Waals surface area contributed by atoms with Gasteiger partial charge in [0, 0.05) is 6.54 Å². The Balaban J connectivity index is 2.52. The first-order valence-electron chi connectivity index (χ1n) is 5.36. The average molecular weight is 250 g/mol. The van der Waals surface area contributed by atoms with E-state index in [1.165, 1.54) is 6.07 Å². The molecule has 0 heterocycles. The molecule has 0 saturated carbocycles. The standard InChI is InChI=1S/C14H13ClFN/c1-9-4-10(8-17)6-12(5-9)11-2-3-13(15)14(16)7-11/h2-7H,8,17H2,1H3. The number of rotatable bonds is 2. The molecule has 2 rings (SSSR count). The van der Waals surface area contributed by atoms with E-state index in [1.54, 1.807) is 12.1 Å². The molecule has 0 aliphatic carbocycles. The summed E-state index contributed by atoms with van der Waals surface area (Å²) >= 11 is 5.66. The molecule has 0 amide bonds. The molecular weight excluding hydrogens is 237 g/mol. The molecule has 0 spiro atoms. The Morgan fingerprint density at radius 3 is 2.53 bits per heavy atom. The molecule has 3 heteroatoms. The highest BCUT2D eigenvalue weighted by molar-refractivity contribution is 6.30. The molecule has 17 heavy (non-hydrogen) atoms. The summed E-state index contributed by atoms with van der Waals surface area (Å²) in [5.41, 5.74) is 9.54. The Kier molecular flexibility index (Phi) is 3.46. The highest BCUT2D eigenvalue weighted by Crippen LogP contribution is 2.26. The molecule has 0 bridgehead atoms. The van der Waals surface area contributed by atoms with Crippen LogP contribution < -0.4 is 5.73 Å². The lowest BCUT2D eigenvalue weighted by Gasteiger charge is -2.07. The number of nitrogens with two attached hydrogens (primary N) is 1. The van der Waals surface area contributed by atoms with E-state index < -0.39 is 5.82 Å². The van der Waals surface area contributed by atoms with Crippen molar-refractivity contribution in [3.63, 3.8) is 0 Å². The van der Waals surface area contributed by atoms with Crippen LogP contribution in [0.15, 0.2) is 36.4 Å². The Morgan fingerprint density at radius 1 is 1.12 bits per heavy atom. The van der Waals surface area contributed by atoms with Gasteiger partial charge >= 0.3 is 0 Å². The zero-order valence-corrected chi connectivity index (χ0v) is 10.3. The Labute approximate surface area is 105 Å². The van der Waals surface area contributed by atoms with Gasteiger partial charge in [-0.2, -0.15) is 0 Å². The van der Waals surface area contributed by atoms with Crippen LogP contribution in [0, 0.1) is 12.7 Å². The fourth-order valence-electron chi connectivity index (χ4n) is 1.82. The lowest BCUT2D eigenvalue weighted by Crippen LogP contribution is -1.97. The van der Waals surface area contributed by atoms with Crippen LogP contribution in [0.5, 0.6) is 0 Å². The molecule has 2 N–H and O–H groups in total. The van der Waals surface area contributed by atoms with Gasteiger partial charge in [-0.15, -0.1) is 0 Å². The monoisotopic (exact) mass is 249 g/mol. The number of benzene rings is 2. The first-order valence-corrected chi connectivity index (χ1v) is 5.74. The quantitative estimate of drug-likeness (QED) is 0.858. The molecule has 1 nitrogen and oxygen atoms in total. The van der Waals surface area contributed by atoms with Crippen LogP contribution in [0.2, 0.25) is 5.02 Å². The first-order chi connectivity index (χ1) is 8.10. The van der Waals surface area contributed by atoms with Crippen LogP contribution in [0.4, 0.5) is 4.39 Å². The smallest absolute Gasteiger partial charge is 0.142 e. The van der Waals surface area contributed by atoms with Crippen LogP contribution in [0.25, 0.3) is 11.1 Å². The third kappa shape index (κ3) is 2.65. The van der Waals surface area contributed by atoms with Crippen molar-refractivity contribution in [2.75, 3.05) is 0 Å². The van der Waals surface area contributed by atoms with E-state index in [9.17, 15) is 4.39 Å². The van der Waals surface area contributed by atoms with Gasteiger partial charge in [-0.05, 0) is 41.8 Å². The van der Waals surface area contributed by atoms with Crippen LogP contribution in [0.3, 0.4) is 0 Å². The van der Waals surface area contributed by atoms with Crippen LogP contribution in [-0.4, -0.2) is 0 Å². The van der Waals surface area contributed by atoms with Crippen molar-refractivity contribution in [3.8, 4) is 11.1 Å². The Morgan fingerprint density at radius 2 is 1.88 bits per heavy atom. The van der Waals surface area contributed by atoms with Crippen LogP contribution in [-0.2, 0) is 6.54 Å². The van der Waals surface area contributed by atoms with Gasteiger partial charge in [0.25, 0.3) is 0 Å². The molecule has 2 aromatic carbocycles. The maximum absolute atomic E-state index is 13.4. The second kappa shape index (κ2) is 4.86. The van der Waals surface area contributed by atoms with E-state index in [1.807, 2.05) is 25.1 Å². The minimum Gasteiger partial charge on any atom is -0.326 e. The fourth-order valence-corrected chi connectivity index (χ4v) is 1.94. The SMILES string of the molecule is Cc1cc(CN)cc(-c2ccc(Cl)c(F)c2)c1. The molecule has 0 atom stereocenters. The maximum atomic E-state index is 13.4. The van der Waals surface area contributed by atoms with Gasteiger partial charge in [-0.1, -0.05) is 35.4 Å². The summed E-state index contributed by atoms with van der Waals surface area (Å²) in [5, 5.41) is 0.139. The maximum Gasteiger partial charge on any atom is 0.142 e. The van der Waals surface area contributed by atoms with Crippen LogP contribution in [0.1, 0.15) is 11.1 Å². The summed E-state index contributed by atoms with van der Waals surface area (Å²) in [6, 6.07) is 10.8. The van der Waals surface area contributed by atoms with Crippen molar-refractivity contribution in [3.05, 3.63) is 58.4 Å². The van der Waals surface area contributed by atoms with Crippen molar-refractivity contribution in [1.29, 1.82) is 0 Å². The van der Waals surface area contributed by atoms with E-state index in [2.05, 4.69) is 0 Å². The third-order valence-corrected chi connectivity index (χ3v) is 2.93. The molecule has 88 valence electrons. The van der Waals surface area contributed by atoms with Gasteiger partial charge in [0.05, 0.1) is 5.02 Å². The van der Waals surface area contributed by atoms with Gasteiger partial charge < -0.3 is 5.73 Å². The Hall–Kier alpha value is -1.38. The molecule has 0 saturated heterocycles.